The molecule has 5 nitrogen and oxygen atoms in total. The average molecular weight is 496 g/mol. The monoisotopic (exact) mass is 496 g/mol. The van der Waals surface area contributed by atoms with Crippen molar-refractivity contribution in [2.45, 2.75) is 43.7 Å². The minimum atomic E-state index is -5.06. The van der Waals surface area contributed by atoms with Crippen molar-refractivity contribution in [3.8, 4) is 0 Å². The lowest BCUT2D eigenvalue weighted by Crippen LogP contribution is -2.51. The van der Waals surface area contributed by atoms with Crippen LogP contribution in [0.3, 0.4) is 0 Å². The molecule has 1 aliphatic heterocycles. The Morgan fingerprint density at radius 1 is 1.03 bits per heavy atom. The Bertz CT molecular complexity index is 1270. The number of amides is 1. The molecule has 1 amide bonds. The second kappa shape index (κ2) is 7.89. The molecule has 5 rings (SSSR count). The van der Waals surface area contributed by atoms with Crippen molar-refractivity contribution in [1.82, 2.24) is 9.55 Å². The van der Waals surface area contributed by atoms with Crippen molar-refractivity contribution in [3.63, 3.8) is 0 Å². The zero-order chi connectivity index (χ0) is 25.3. The number of anilines is 2. The first-order chi connectivity index (χ1) is 16.3. The maximum absolute atomic E-state index is 13.6. The van der Waals surface area contributed by atoms with Gasteiger partial charge >= 0.3 is 12.4 Å². The van der Waals surface area contributed by atoms with E-state index in [1.165, 1.54) is 9.80 Å². The molecule has 1 aliphatic carbocycles. The number of aromatic nitrogens is 2. The summed E-state index contributed by atoms with van der Waals surface area (Å²) in [5.74, 6) is -1.04. The predicted molar refractivity (Wildman–Crippen MR) is 118 cm³/mol. The summed E-state index contributed by atoms with van der Waals surface area (Å²) in [6.45, 7) is 0. The number of aryl methyl sites for hydroxylation is 1. The summed E-state index contributed by atoms with van der Waals surface area (Å²) in [7, 11) is 3.46. The first-order valence-corrected chi connectivity index (χ1v) is 11.1. The van der Waals surface area contributed by atoms with Crippen molar-refractivity contribution in [1.29, 1.82) is 0 Å². The Kier molecular flexibility index (Phi) is 5.30. The topological polar surface area (TPSA) is 41.4 Å². The maximum atomic E-state index is 13.6. The van der Waals surface area contributed by atoms with Gasteiger partial charge in [-0.1, -0.05) is 0 Å². The van der Waals surface area contributed by atoms with Crippen LogP contribution in [0.25, 0.3) is 10.9 Å². The molecule has 186 valence electrons. The van der Waals surface area contributed by atoms with E-state index in [-0.39, 0.29) is 23.9 Å². The largest absolute Gasteiger partial charge is 0.433 e. The van der Waals surface area contributed by atoms with E-state index in [2.05, 4.69) is 4.98 Å². The van der Waals surface area contributed by atoms with Gasteiger partial charge in [-0.25, -0.2) is 4.98 Å². The van der Waals surface area contributed by atoms with Crippen LogP contribution in [0.1, 0.15) is 30.5 Å². The molecular formula is C24H22F6N4O. The van der Waals surface area contributed by atoms with Gasteiger partial charge in [0.05, 0.1) is 5.56 Å². The number of carbonyl (C=O) groups is 1. The van der Waals surface area contributed by atoms with Crippen molar-refractivity contribution < 1.29 is 31.1 Å². The minimum Gasteiger partial charge on any atom is -0.351 e. The fraction of sp³-hybridized carbons (Fsp3) is 0.417. The van der Waals surface area contributed by atoms with E-state index in [0.29, 0.717) is 31.0 Å². The van der Waals surface area contributed by atoms with Crippen LogP contribution in [0.15, 0.2) is 42.6 Å². The van der Waals surface area contributed by atoms with E-state index in [0.717, 1.165) is 10.9 Å². The number of pyridine rings is 1. The number of hydrogen-bond donors (Lipinski definition) is 0. The Morgan fingerprint density at radius 2 is 1.77 bits per heavy atom. The normalized spacial score (nSPS) is 22.3. The molecule has 1 saturated carbocycles. The van der Waals surface area contributed by atoms with E-state index >= 15 is 0 Å². The van der Waals surface area contributed by atoms with Gasteiger partial charge in [-0.3, -0.25) is 4.79 Å². The van der Waals surface area contributed by atoms with Crippen molar-refractivity contribution in [2.24, 2.45) is 13.0 Å². The molecule has 2 bridgehead atoms. The molecular weight excluding hydrogens is 474 g/mol. The van der Waals surface area contributed by atoms with E-state index in [1.54, 1.807) is 13.1 Å². The van der Waals surface area contributed by atoms with Gasteiger partial charge in [0.1, 0.15) is 17.6 Å². The first-order valence-electron chi connectivity index (χ1n) is 11.1. The summed E-state index contributed by atoms with van der Waals surface area (Å²) in [6, 6.07) is 6.72. The molecule has 0 radical (unpaired) electrons. The molecule has 2 aliphatic rings. The molecule has 11 heteroatoms. The number of hydrogen-bond acceptors (Lipinski definition) is 3. The van der Waals surface area contributed by atoms with Gasteiger partial charge in [0.15, 0.2) is 0 Å². The Balaban J connectivity index is 1.54. The van der Waals surface area contributed by atoms with E-state index < -0.39 is 35.5 Å². The molecule has 0 unspecified atom stereocenters. The van der Waals surface area contributed by atoms with Gasteiger partial charge in [0, 0.05) is 42.9 Å². The Hall–Kier alpha value is -3.24. The van der Waals surface area contributed by atoms with Gasteiger partial charge in [0.25, 0.3) is 0 Å². The number of fused-ring (bicyclic) bond motifs is 3. The average Bonchev–Trinajstić information content (AvgIpc) is 3.51. The summed E-state index contributed by atoms with van der Waals surface area (Å²) in [4.78, 5) is 20.0. The highest BCUT2D eigenvalue weighted by Gasteiger charge is 2.51. The Morgan fingerprint density at radius 3 is 2.46 bits per heavy atom. The second-order valence-electron chi connectivity index (χ2n) is 9.24. The van der Waals surface area contributed by atoms with E-state index in [9.17, 15) is 31.1 Å². The Labute approximate surface area is 196 Å². The lowest BCUT2D eigenvalue weighted by atomic mass is 9.97. The lowest BCUT2D eigenvalue weighted by Gasteiger charge is -2.37. The molecule has 0 N–H and O–H groups in total. The van der Waals surface area contributed by atoms with Crippen LogP contribution < -0.4 is 9.80 Å². The standard InChI is InChI=1S/C24H22F6N4O/c1-32-8-7-13-9-16(5-6-18(13)32)33(2)22(35)21-14-3-4-17(10-14)34(21)20-12-15(23(25,26)27)11-19(31-20)24(28,29)30/h5-9,11-12,14,17,21H,3-4,10H2,1-2H3/t14-,17+,21-/m0/s1. The predicted octanol–water partition coefficient (Wildman–Crippen LogP) is 5.63. The SMILES string of the molecule is CN(C(=O)[C@@H]1[C@H]2CC[C@H](C2)N1c1cc(C(F)(F)F)cc(C(F)(F)F)n1)c1ccc2c(ccn2C)c1. The fourth-order valence-corrected chi connectivity index (χ4v) is 5.40. The molecule has 0 spiro atoms. The van der Waals surface area contributed by atoms with Gasteiger partial charge in [-0.05, 0) is 61.6 Å². The zero-order valence-corrected chi connectivity index (χ0v) is 18.9. The number of nitrogens with zero attached hydrogens (tertiary/aromatic N) is 4. The fourth-order valence-electron chi connectivity index (χ4n) is 5.40. The van der Waals surface area contributed by atoms with E-state index in [4.69, 9.17) is 0 Å². The summed E-state index contributed by atoms with van der Waals surface area (Å²) < 4.78 is 82.6. The molecule has 2 fully saturated rings. The van der Waals surface area contributed by atoms with Gasteiger partial charge < -0.3 is 14.4 Å². The van der Waals surface area contributed by atoms with Crippen LogP contribution >= 0.6 is 0 Å². The lowest BCUT2D eigenvalue weighted by molar-refractivity contribution is -0.145. The number of rotatable bonds is 3. The van der Waals surface area contributed by atoms with Gasteiger partial charge in [-0.2, -0.15) is 26.3 Å². The van der Waals surface area contributed by atoms with Crippen molar-refractivity contribution in [2.75, 3.05) is 16.8 Å². The van der Waals surface area contributed by atoms with E-state index in [1.807, 2.05) is 36.0 Å². The third-order valence-corrected chi connectivity index (χ3v) is 7.12. The third kappa shape index (κ3) is 4.00. The molecule has 2 aromatic heterocycles. The maximum Gasteiger partial charge on any atom is 0.433 e. The zero-order valence-electron chi connectivity index (χ0n) is 18.9. The highest BCUT2D eigenvalue weighted by molar-refractivity contribution is 6.01. The molecule has 1 saturated heterocycles. The highest BCUT2D eigenvalue weighted by atomic mass is 19.4. The molecule has 1 aromatic carbocycles. The number of halogens is 6. The molecule has 3 aromatic rings. The molecule has 3 atom stereocenters. The van der Waals surface area contributed by atoms with Crippen LogP contribution in [-0.2, 0) is 24.2 Å². The minimum absolute atomic E-state index is 0.00978. The summed E-state index contributed by atoms with van der Waals surface area (Å²) in [6.07, 6.45) is -6.40. The number of alkyl halides is 6. The number of piperidine rings is 1. The number of likely N-dealkylation sites (N-methyl/N-ethyl adjacent to an activating group) is 1. The summed E-state index contributed by atoms with van der Waals surface area (Å²) in [5, 5.41) is 0.906. The van der Waals surface area contributed by atoms with Gasteiger partial charge in [-0.15, -0.1) is 0 Å². The van der Waals surface area contributed by atoms with Crippen LogP contribution in [-0.4, -0.2) is 34.6 Å². The van der Waals surface area contributed by atoms with Crippen LogP contribution in [0, 0.1) is 5.92 Å². The van der Waals surface area contributed by atoms with Gasteiger partial charge in [0.2, 0.25) is 5.91 Å². The summed E-state index contributed by atoms with van der Waals surface area (Å²) in [5.41, 5.74) is -1.51. The van der Waals surface area contributed by atoms with Crippen molar-refractivity contribution >= 4 is 28.3 Å². The van der Waals surface area contributed by atoms with Crippen molar-refractivity contribution in [3.05, 3.63) is 53.9 Å². The van der Waals surface area contributed by atoms with Crippen LogP contribution in [0.5, 0.6) is 0 Å². The quantitative estimate of drug-likeness (QED) is 0.442. The number of carbonyl (C=O) groups excluding carboxylic acids is 1. The highest BCUT2D eigenvalue weighted by Crippen LogP contribution is 2.47. The first kappa shape index (κ1) is 23.5. The molecule has 3 heterocycles. The second-order valence-corrected chi connectivity index (χ2v) is 9.24. The number of benzene rings is 1. The van der Waals surface area contributed by atoms with Crippen LogP contribution in [0.2, 0.25) is 0 Å². The van der Waals surface area contributed by atoms with Crippen LogP contribution in [0.4, 0.5) is 37.8 Å². The molecule has 35 heavy (non-hydrogen) atoms. The third-order valence-electron chi connectivity index (χ3n) is 7.12. The smallest absolute Gasteiger partial charge is 0.351 e. The summed E-state index contributed by atoms with van der Waals surface area (Å²) >= 11 is 0.